The summed E-state index contributed by atoms with van der Waals surface area (Å²) in [6, 6.07) is 0. The first-order valence-corrected chi connectivity index (χ1v) is 7.48. The van der Waals surface area contributed by atoms with Gasteiger partial charge in [-0.15, -0.1) is 0 Å². The van der Waals surface area contributed by atoms with Crippen molar-refractivity contribution in [3.05, 3.63) is 0 Å². The van der Waals surface area contributed by atoms with Gasteiger partial charge in [-0.1, -0.05) is 26.7 Å². The average molecular weight is 279 g/mol. The largest absolute Gasteiger partial charge is 0.354 e. The minimum atomic E-state index is 0.411. The van der Waals surface area contributed by atoms with Gasteiger partial charge in [-0.2, -0.15) is 15.0 Å². The molecule has 112 valence electrons. The van der Waals surface area contributed by atoms with Gasteiger partial charge in [0.2, 0.25) is 17.8 Å². The quantitative estimate of drug-likeness (QED) is 0.516. The van der Waals surface area contributed by atoms with E-state index >= 15 is 0 Å². The van der Waals surface area contributed by atoms with Crippen LogP contribution >= 0.6 is 0 Å². The summed E-state index contributed by atoms with van der Waals surface area (Å²) in [5, 5.41) is 3.30. The molecule has 0 radical (unpaired) electrons. The van der Waals surface area contributed by atoms with Crippen LogP contribution in [0.25, 0.3) is 0 Å². The molecule has 0 saturated carbocycles. The molecule has 1 aliphatic heterocycles. The lowest BCUT2D eigenvalue weighted by atomic mass is 10.0. The van der Waals surface area contributed by atoms with Crippen LogP contribution in [0.2, 0.25) is 0 Å². The molecule has 1 fully saturated rings. The van der Waals surface area contributed by atoms with Gasteiger partial charge in [0, 0.05) is 19.6 Å². The molecule has 20 heavy (non-hydrogen) atoms. The Balaban J connectivity index is 2.08. The molecule has 0 bridgehead atoms. The Kier molecular flexibility index (Phi) is 5.34. The van der Waals surface area contributed by atoms with Crippen molar-refractivity contribution in [1.29, 1.82) is 0 Å². The van der Waals surface area contributed by atoms with Crippen LogP contribution in [-0.4, -0.2) is 34.6 Å². The molecule has 1 saturated heterocycles. The molecule has 1 aromatic rings. The third-order valence-electron chi connectivity index (χ3n) is 3.85. The lowest BCUT2D eigenvalue weighted by molar-refractivity contribution is 0.517. The Morgan fingerprint density at radius 1 is 1.10 bits per heavy atom. The molecule has 7 heteroatoms. The lowest BCUT2D eigenvalue weighted by Crippen LogP contribution is -2.24. The SMILES string of the molecule is CCC(CC)CNc1nc(NN)nc(N2CCCC2)n1. The number of nitrogen functional groups attached to an aromatic ring is 1. The predicted octanol–water partition coefficient (Wildman–Crippen LogP) is 1.61. The highest BCUT2D eigenvalue weighted by atomic mass is 15.4. The standard InChI is InChI=1S/C13H25N7/c1-3-10(4-2)9-15-11-16-12(19-14)18-13(17-11)20-7-5-6-8-20/h10H,3-9,14H2,1-2H3,(H2,15,16,17,18,19). The maximum Gasteiger partial charge on any atom is 0.243 e. The molecule has 0 spiro atoms. The highest BCUT2D eigenvalue weighted by Crippen LogP contribution is 2.18. The summed E-state index contributed by atoms with van der Waals surface area (Å²) in [7, 11) is 0. The molecule has 0 amide bonds. The average Bonchev–Trinajstić information content (AvgIpc) is 3.02. The van der Waals surface area contributed by atoms with Gasteiger partial charge in [-0.25, -0.2) is 5.84 Å². The Hall–Kier alpha value is -1.63. The van der Waals surface area contributed by atoms with Crippen LogP contribution in [0.3, 0.4) is 0 Å². The molecule has 4 N–H and O–H groups in total. The van der Waals surface area contributed by atoms with Gasteiger partial charge in [0.15, 0.2) is 0 Å². The Labute approximate surface area is 120 Å². The molecule has 2 rings (SSSR count). The van der Waals surface area contributed by atoms with E-state index in [2.05, 4.69) is 44.4 Å². The second-order valence-electron chi connectivity index (χ2n) is 5.18. The fraction of sp³-hybridized carbons (Fsp3) is 0.769. The number of nitrogens with one attached hydrogen (secondary N) is 2. The van der Waals surface area contributed by atoms with E-state index in [1.54, 1.807) is 0 Å². The molecular formula is C13H25N7. The van der Waals surface area contributed by atoms with E-state index in [0.717, 1.165) is 32.5 Å². The maximum absolute atomic E-state index is 5.45. The summed E-state index contributed by atoms with van der Waals surface area (Å²) in [5.41, 5.74) is 2.52. The summed E-state index contributed by atoms with van der Waals surface area (Å²) < 4.78 is 0. The van der Waals surface area contributed by atoms with Crippen LogP contribution in [0.1, 0.15) is 39.5 Å². The molecule has 7 nitrogen and oxygen atoms in total. The van der Waals surface area contributed by atoms with E-state index in [1.807, 2.05) is 0 Å². The fourth-order valence-electron chi connectivity index (χ4n) is 2.38. The lowest BCUT2D eigenvalue weighted by Gasteiger charge is -2.18. The molecule has 0 aliphatic carbocycles. The van der Waals surface area contributed by atoms with Crippen molar-refractivity contribution in [1.82, 2.24) is 15.0 Å². The first-order valence-electron chi connectivity index (χ1n) is 7.48. The summed E-state index contributed by atoms with van der Waals surface area (Å²) in [6.45, 7) is 7.28. The van der Waals surface area contributed by atoms with Gasteiger partial charge < -0.3 is 10.2 Å². The first-order chi connectivity index (χ1) is 9.76. The highest BCUT2D eigenvalue weighted by Gasteiger charge is 2.17. The number of hydrogen-bond donors (Lipinski definition) is 3. The topological polar surface area (TPSA) is 92.0 Å². The van der Waals surface area contributed by atoms with Gasteiger partial charge in [-0.3, -0.25) is 5.43 Å². The zero-order chi connectivity index (χ0) is 14.4. The van der Waals surface area contributed by atoms with Gasteiger partial charge in [-0.05, 0) is 18.8 Å². The van der Waals surface area contributed by atoms with Crippen LogP contribution < -0.4 is 21.5 Å². The number of nitrogens with two attached hydrogens (primary N) is 1. The minimum absolute atomic E-state index is 0.411. The van der Waals surface area contributed by atoms with Crippen molar-refractivity contribution >= 4 is 17.8 Å². The van der Waals surface area contributed by atoms with Crippen LogP contribution in [0, 0.1) is 5.92 Å². The molecular weight excluding hydrogens is 254 g/mol. The summed E-state index contributed by atoms with van der Waals surface area (Å²) in [6.07, 6.45) is 4.67. The van der Waals surface area contributed by atoms with Crippen molar-refractivity contribution in [2.75, 3.05) is 35.3 Å². The fourth-order valence-corrected chi connectivity index (χ4v) is 2.38. The van der Waals surface area contributed by atoms with Crippen LogP contribution in [0.4, 0.5) is 17.8 Å². The van der Waals surface area contributed by atoms with Gasteiger partial charge in [0.1, 0.15) is 0 Å². The second kappa shape index (κ2) is 7.23. The van der Waals surface area contributed by atoms with E-state index in [9.17, 15) is 0 Å². The smallest absolute Gasteiger partial charge is 0.243 e. The van der Waals surface area contributed by atoms with Crippen LogP contribution in [0.15, 0.2) is 0 Å². The van der Waals surface area contributed by atoms with Crippen LogP contribution in [0.5, 0.6) is 0 Å². The van der Waals surface area contributed by atoms with E-state index in [4.69, 9.17) is 5.84 Å². The van der Waals surface area contributed by atoms with Gasteiger partial charge in [0.05, 0.1) is 0 Å². The summed E-state index contributed by atoms with van der Waals surface area (Å²) in [4.78, 5) is 15.3. The number of rotatable bonds is 7. The molecule has 1 aromatic heterocycles. The summed E-state index contributed by atoms with van der Waals surface area (Å²) in [5.74, 6) is 7.80. The zero-order valence-corrected chi connectivity index (χ0v) is 12.4. The number of hydrogen-bond acceptors (Lipinski definition) is 7. The van der Waals surface area contributed by atoms with E-state index in [0.29, 0.717) is 23.8 Å². The highest BCUT2D eigenvalue weighted by molar-refractivity contribution is 5.43. The Morgan fingerprint density at radius 3 is 2.35 bits per heavy atom. The third kappa shape index (κ3) is 3.69. The zero-order valence-electron chi connectivity index (χ0n) is 12.4. The Bertz CT molecular complexity index is 413. The summed E-state index contributed by atoms with van der Waals surface area (Å²) >= 11 is 0. The molecule has 2 heterocycles. The van der Waals surface area contributed by atoms with Crippen molar-refractivity contribution in [2.45, 2.75) is 39.5 Å². The van der Waals surface area contributed by atoms with Crippen molar-refractivity contribution in [2.24, 2.45) is 11.8 Å². The van der Waals surface area contributed by atoms with E-state index in [-0.39, 0.29) is 0 Å². The van der Waals surface area contributed by atoms with Gasteiger partial charge >= 0.3 is 0 Å². The number of hydrazine groups is 1. The normalized spacial score (nSPS) is 14.9. The van der Waals surface area contributed by atoms with E-state index < -0.39 is 0 Å². The first kappa shape index (κ1) is 14.8. The van der Waals surface area contributed by atoms with E-state index in [1.165, 1.54) is 12.8 Å². The number of nitrogens with zero attached hydrogens (tertiary/aromatic N) is 4. The minimum Gasteiger partial charge on any atom is -0.354 e. The van der Waals surface area contributed by atoms with Crippen molar-refractivity contribution in [3.63, 3.8) is 0 Å². The molecule has 1 aliphatic rings. The maximum atomic E-state index is 5.45. The monoisotopic (exact) mass is 279 g/mol. The predicted molar refractivity (Wildman–Crippen MR) is 81.6 cm³/mol. The van der Waals surface area contributed by atoms with Crippen molar-refractivity contribution in [3.8, 4) is 0 Å². The third-order valence-corrected chi connectivity index (χ3v) is 3.85. The van der Waals surface area contributed by atoms with Crippen molar-refractivity contribution < 1.29 is 0 Å². The second-order valence-corrected chi connectivity index (χ2v) is 5.18. The number of anilines is 3. The number of aromatic nitrogens is 3. The molecule has 0 atom stereocenters. The van der Waals surface area contributed by atoms with Crippen LogP contribution in [-0.2, 0) is 0 Å². The molecule has 0 aromatic carbocycles. The molecule has 0 unspecified atom stereocenters. The Morgan fingerprint density at radius 2 is 1.75 bits per heavy atom. The van der Waals surface area contributed by atoms with Gasteiger partial charge in [0.25, 0.3) is 0 Å².